The number of halogens is 1. The van der Waals surface area contributed by atoms with Crippen LogP contribution in [-0.2, 0) is 17.8 Å². The molecule has 2 heterocycles. The first-order valence-corrected chi connectivity index (χ1v) is 8.01. The second-order valence-electron chi connectivity index (χ2n) is 6.01. The van der Waals surface area contributed by atoms with Crippen LogP contribution in [0.5, 0.6) is 0 Å². The van der Waals surface area contributed by atoms with Gasteiger partial charge in [-0.05, 0) is 30.5 Å². The lowest BCUT2D eigenvalue weighted by Gasteiger charge is -2.38. The summed E-state index contributed by atoms with van der Waals surface area (Å²) in [6.45, 7) is 1.52. The van der Waals surface area contributed by atoms with Gasteiger partial charge in [-0.2, -0.15) is 0 Å². The standard InChI is InChI=1S/C16H19ClN4O2/c17-14-3-1-13(2-4-14)11-15(22)20-8-5-16(23,6-9-20)12-21-10-7-18-19-21/h1-4,7,10,23H,5-6,8-9,11-12H2. The molecule has 1 aliphatic heterocycles. The highest BCUT2D eigenvalue weighted by atomic mass is 35.5. The largest absolute Gasteiger partial charge is 0.388 e. The van der Waals surface area contributed by atoms with E-state index >= 15 is 0 Å². The molecule has 122 valence electrons. The van der Waals surface area contributed by atoms with E-state index in [1.165, 1.54) is 0 Å². The van der Waals surface area contributed by atoms with Gasteiger partial charge in [0, 0.05) is 24.3 Å². The summed E-state index contributed by atoms with van der Waals surface area (Å²) in [6.07, 6.45) is 4.77. The molecule has 0 saturated carbocycles. The van der Waals surface area contributed by atoms with Crippen LogP contribution in [0, 0.1) is 0 Å². The van der Waals surface area contributed by atoms with Crippen molar-refractivity contribution >= 4 is 17.5 Å². The molecule has 2 aromatic rings. The summed E-state index contributed by atoms with van der Waals surface area (Å²) in [6, 6.07) is 7.31. The molecule has 6 nitrogen and oxygen atoms in total. The minimum atomic E-state index is -0.829. The van der Waals surface area contributed by atoms with E-state index in [0.717, 1.165) is 5.56 Å². The number of aliphatic hydroxyl groups is 1. The molecule has 1 amide bonds. The normalized spacial score (nSPS) is 17.2. The zero-order valence-electron chi connectivity index (χ0n) is 12.7. The van der Waals surface area contributed by atoms with Crippen molar-refractivity contribution in [2.24, 2.45) is 0 Å². The third kappa shape index (κ3) is 4.09. The molecule has 0 aliphatic carbocycles. The minimum absolute atomic E-state index is 0.0788. The Bertz CT molecular complexity index is 649. The van der Waals surface area contributed by atoms with Crippen LogP contribution < -0.4 is 0 Å². The Labute approximate surface area is 139 Å². The fourth-order valence-electron chi connectivity index (χ4n) is 2.84. The van der Waals surface area contributed by atoms with E-state index in [9.17, 15) is 9.90 Å². The van der Waals surface area contributed by atoms with Crippen molar-refractivity contribution < 1.29 is 9.90 Å². The Balaban J connectivity index is 1.53. The van der Waals surface area contributed by atoms with Crippen molar-refractivity contribution in [3.63, 3.8) is 0 Å². The SMILES string of the molecule is O=C(Cc1ccc(Cl)cc1)N1CCC(O)(Cn2ccnn2)CC1. The van der Waals surface area contributed by atoms with Gasteiger partial charge in [0.05, 0.1) is 24.8 Å². The molecule has 0 radical (unpaired) electrons. The maximum absolute atomic E-state index is 12.4. The summed E-state index contributed by atoms with van der Waals surface area (Å²) in [5, 5.41) is 18.9. The number of amides is 1. The quantitative estimate of drug-likeness (QED) is 0.920. The van der Waals surface area contributed by atoms with Crippen LogP contribution in [-0.4, -0.2) is 49.6 Å². The first kappa shape index (κ1) is 16.0. The monoisotopic (exact) mass is 334 g/mol. The van der Waals surface area contributed by atoms with Crippen molar-refractivity contribution in [1.82, 2.24) is 19.9 Å². The lowest BCUT2D eigenvalue weighted by Crippen LogP contribution is -2.49. The van der Waals surface area contributed by atoms with Crippen molar-refractivity contribution in [2.45, 2.75) is 31.4 Å². The van der Waals surface area contributed by atoms with Crippen LogP contribution in [0.15, 0.2) is 36.7 Å². The lowest BCUT2D eigenvalue weighted by molar-refractivity contribution is -0.135. The van der Waals surface area contributed by atoms with E-state index in [1.54, 1.807) is 29.2 Å². The molecular formula is C16H19ClN4O2. The summed E-state index contributed by atoms with van der Waals surface area (Å²) >= 11 is 5.85. The number of hydrogen-bond acceptors (Lipinski definition) is 4. The maximum atomic E-state index is 12.4. The van der Waals surface area contributed by atoms with Crippen molar-refractivity contribution in [1.29, 1.82) is 0 Å². The molecule has 3 rings (SSSR count). The van der Waals surface area contributed by atoms with E-state index in [4.69, 9.17) is 11.6 Å². The number of rotatable bonds is 4. The Kier molecular flexibility index (Phi) is 4.63. The van der Waals surface area contributed by atoms with Crippen LogP contribution in [0.2, 0.25) is 5.02 Å². The predicted octanol–water partition coefficient (Wildman–Crippen LogP) is 1.53. The molecule has 23 heavy (non-hydrogen) atoms. The summed E-state index contributed by atoms with van der Waals surface area (Å²) in [5.41, 5.74) is 0.118. The molecule has 7 heteroatoms. The van der Waals surface area contributed by atoms with Crippen LogP contribution in [0.3, 0.4) is 0 Å². The second-order valence-corrected chi connectivity index (χ2v) is 6.45. The van der Waals surface area contributed by atoms with Crippen molar-refractivity contribution in [3.05, 3.63) is 47.2 Å². The molecular weight excluding hydrogens is 316 g/mol. The van der Waals surface area contributed by atoms with Gasteiger partial charge in [0.1, 0.15) is 0 Å². The molecule has 0 unspecified atom stereocenters. The van der Waals surface area contributed by atoms with Gasteiger partial charge in [0.25, 0.3) is 0 Å². The average Bonchev–Trinajstić information content (AvgIpc) is 3.02. The van der Waals surface area contributed by atoms with Crippen LogP contribution in [0.4, 0.5) is 0 Å². The number of carbonyl (C=O) groups is 1. The van der Waals surface area contributed by atoms with E-state index in [1.807, 2.05) is 17.0 Å². The number of nitrogens with zero attached hydrogens (tertiary/aromatic N) is 4. The smallest absolute Gasteiger partial charge is 0.226 e. The lowest BCUT2D eigenvalue weighted by atomic mass is 9.91. The zero-order chi connectivity index (χ0) is 16.3. The molecule has 0 bridgehead atoms. The van der Waals surface area contributed by atoms with E-state index in [-0.39, 0.29) is 5.91 Å². The summed E-state index contributed by atoms with van der Waals surface area (Å²) in [5.74, 6) is 0.0788. The number of likely N-dealkylation sites (tertiary alicyclic amines) is 1. The molecule has 1 aromatic heterocycles. The topological polar surface area (TPSA) is 71.2 Å². The average molecular weight is 335 g/mol. The fraction of sp³-hybridized carbons (Fsp3) is 0.438. The van der Waals surface area contributed by atoms with Gasteiger partial charge < -0.3 is 10.0 Å². The molecule has 1 fully saturated rings. The summed E-state index contributed by atoms with van der Waals surface area (Å²) in [7, 11) is 0. The minimum Gasteiger partial charge on any atom is -0.388 e. The van der Waals surface area contributed by atoms with Gasteiger partial charge in [-0.25, -0.2) is 4.68 Å². The number of aromatic nitrogens is 3. The third-order valence-corrected chi connectivity index (χ3v) is 4.50. The Hall–Kier alpha value is -1.92. The first-order chi connectivity index (χ1) is 11.0. The van der Waals surface area contributed by atoms with Gasteiger partial charge >= 0.3 is 0 Å². The third-order valence-electron chi connectivity index (χ3n) is 4.24. The zero-order valence-corrected chi connectivity index (χ0v) is 13.5. The number of benzene rings is 1. The van der Waals surface area contributed by atoms with Gasteiger partial charge in [-0.1, -0.05) is 28.9 Å². The fourth-order valence-corrected chi connectivity index (χ4v) is 2.96. The first-order valence-electron chi connectivity index (χ1n) is 7.63. The Morgan fingerprint density at radius 1 is 1.26 bits per heavy atom. The second kappa shape index (κ2) is 6.68. The molecule has 1 aromatic carbocycles. The highest BCUT2D eigenvalue weighted by Gasteiger charge is 2.34. The van der Waals surface area contributed by atoms with Gasteiger partial charge in [0.15, 0.2) is 0 Å². The van der Waals surface area contributed by atoms with Crippen molar-refractivity contribution in [2.75, 3.05) is 13.1 Å². The Morgan fingerprint density at radius 2 is 1.96 bits per heavy atom. The van der Waals surface area contributed by atoms with Gasteiger partial charge in [0.2, 0.25) is 5.91 Å². The molecule has 1 aliphatic rings. The summed E-state index contributed by atoms with van der Waals surface area (Å²) in [4.78, 5) is 14.2. The van der Waals surface area contributed by atoms with E-state index in [0.29, 0.717) is 43.9 Å². The number of hydrogen-bond donors (Lipinski definition) is 1. The van der Waals surface area contributed by atoms with E-state index in [2.05, 4.69) is 10.3 Å². The highest BCUT2D eigenvalue weighted by molar-refractivity contribution is 6.30. The van der Waals surface area contributed by atoms with E-state index < -0.39 is 5.60 Å². The van der Waals surface area contributed by atoms with Crippen LogP contribution in [0.25, 0.3) is 0 Å². The molecule has 0 spiro atoms. The molecule has 1 saturated heterocycles. The predicted molar refractivity (Wildman–Crippen MR) is 85.9 cm³/mol. The van der Waals surface area contributed by atoms with Gasteiger partial charge in [-0.3, -0.25) is 4.79 Å². The van der Waals surface area contributed by atoms with Gasteiger partial charge in [-0.15, -0.1) is 5.10 Å². The number of piperidine rings is 1. The number of carbonyl (C=O) groups excluding carboxylic acids is 1. The molecule has 0 atom stereocenters. The van der Waals surface area contributed by atoms with Crippen LogP contribution >= 0.6 is 11.6 Å². The maximum Gasteiger partial charge on any atom is 0.226 e. The molecule has 1 N–H and O–H groups in total. The van der Waals surface area contributed by atoms with Crippen molar-refractivity contribution in [3.8, 4) is 0 Å². The van der Waals surface area contributed by atoms with Crippen LogP contribution in [0.1, 0.15) is 18.4 Å². The summed E-state index contributed by atoms with van der Waals surface area (Å²) < 4.78 is 1.63. The highest BCUT2D eigenvalue weighted by Crippen LogP contribution is 2.24. The Morgan fingerprint density at radius 3 is 2.57 bits per heavy atom.